The van der Waals surface area contributed by atoms with E-state index in [1.807, 2.05) is 6.92 Å². The van der Waals surface area contributed by atoms with E-state index < -0.39 is 5.41 Å². The van der Waals surface area contributed by atoms with Crippen molar-refractivity contribution in [3.8, 4) is 0 Å². The quantitative estimate of drug-likeness (QED) is 0.696. The molecule has 27 heavy (non-hydrogen) atoms. The molecule has 1 fully saturated rings. The summed E-state index contributed by atoms with van der Waals surface area (Å²) < 4.78 is 11.0. The highest BCUT2D eigenvalue weighted by Gasteiger charge is 2.57. The molecule has 0 saturated heterocycles. The Bertz CT molecular complexity index is 753. The molecule has 1 aromatic rings. The Morgan fingerprint density at radius 3 is 2.48 bits per heavy atom. The fraction of sp³-hybridized carbons (Fsp3) is 0.652. The zero-order valence-electron chi connectivity index (χ0n) is 17.4. The summed E-state index contributed by atoms with van der Waals surface area (Å²) in [4.78, 5) is 24.6. The SMILES string of the molecule is COC(=O)[C@]1(C)CCC[C@]2(C)c3ccc(C(C)C)cc3C(OC(C)=O)CC12. The number of esters is 2. The second-order valence-electron chi connectivity index (χ2n) is 9.07. The first-order chi connectivity index (χ1) is 12.6. The molecule has 0 amide bonds. The number of carbonyl (C=O) groups is 2. The Hall–Kier alpha value is -1.84. The van der Waals surface area contributed by atoms with E-state index in [9.17, 15) is 9.59 Å². The van der Waals surface area contributed by atoms with E-state index in [2.05, 4.69) is 39.0 Å². The molecule has 4 atom stereocenters. The fourth-order valence-corrected chi connectivity index (χ4v) is 5.57. The van der Waals surface area contributed by atoms with Gasteiger partial charge in [-0.2, -0.15) is 0 Å². The predicted octanol–water partition coefficient (Wildman–Crippen LogP) is 5.06. The van der Waals surface area contributed by atoms with Gasteiger partial charge < -0.3 is 9.47 Å². The zero-order valence-corrected chi connectivity index (χ0v) is 17.4. The third-order valence-corrected chi connectivity index (χ3v) is 7.04. The van der Waals surface area contributed by atoms with Crippen molar-refractivity contribution in [3.63, 3.8) is 0 Å². The van der Waals surface area contributed by atoms with E-state index in [0.29, 0.717) is 12.3 Å². The van der Waals surface area contributed by atoms with Crippen LogP contribution in [0, 0.1) is 11.3 Å². The molecular formula is C23H32O4. The van der Waals surface area contributed by atoms with Crippen molar-refractivity contribution in [2.24, 2.45) is 11.3 Å². The largest absolute Gasteiger partial charge is 0.469 e. The van der Waals surface area contributed by atoms with Crippen LogP contribution in [-0.4, -0.2) is 19.0 Å². The third kappa shape index (κ3) is 3.17. The Labute approximate surface area is 162 Å². The van der Waals surface area contributed by atoms with Crippen molar-refractivity contribution in [1.29, 1.82) is 0 Å². The first kappa shape index (κ1) is 19.9. The first-order valence-corrected chi connectivity index (χ1v) is 10.0. The number of ether oxygens (including phenoxy) is 2. The lowest BCUT2D eigenvalue weighted by Gasteiger charge is -2.55. The van der Waals surface area contributed by atoms with Gasteiger partial charge in [0.1, 0.15) is 6.10 Å². The van der Waals surface area contributed by atoms with Gasteiger partial charge in [0.25, 0.3) is 0 Å². The van der Waals surface area contributed by atoms with Crippen LogP contribution in [0.4, 0.5) is 0 Å². The molecule has 1 saturated carbocycles. The minimum absolute atomic E-state index is 0.0768. The Morgan fingerprint density at radius 1 is 1.19 bits per heavy atom. The van der Waals surface area contributed by atoms with E-state index in [4.69, 9.17) is 9.47 Å². The van der Waals surface area contributed by atoms with Crippen LogP contribution in [0.25, 0.3) is 0 Å². The third-order valence-electron chi connectivity index (χ3n) is 7.04. The highest BCUT2D eigenvalue weighted by atomic mass is 16.5. The van der Waals surface area contributed by atoms with Gasteiger partial charge >= 0.3 is 11.9 Å². The van der Waals surface area contributed by atoms with Gasteiger partial charge in [0.2, 0.25) is 0 Å². The van der Waals surface area contributed by atoms with Crippen LogP contribution >= 0.6 is 0 Å². The fourth-order valence-electron chi connectivity index (χ4n) is 5.57. The number of hydrogen-bond donors (Lipinski definition) is 0. The number of rotatable bonds is 3. The Kier molecular flexibility index (Phi) is 5.13. The lowest BCUT2D eigenvalue weighted by Crippen LogP contribution is -2.53. The maximum absolute atomic E-state index is 12.7. The van der Waals surface area contributed by atoms with Crippen molar-refractivity contribution in [2.75, 3.05) is 7.11 Å². The summed E-state index contributed by atoms with van der Waals surface area (Å²) in [5.74, 6) is 0.0563. The van der Waals surface area contributed by atoms with Gasteiger partial charge in [-0.05, 0) is 60.1 Å². The second-order valence-corrected chi connectivity index (χ2v) is 9.07. The normalized spacial score (nSPS) is 32.4. The lowest BCUT2D eigenvalue weighted by molar-refractivity contribution is -0.165. The van der Waals surface area contributed by atoms with Gasteiger partial charge in [-0.15, -0.1) is 0 Å². The average Bonchev–Trinajstić information content (AvgIpc) is 2.61. The number of methoxy groups -OCH3 is 1. The summed E-state index contributed by atoms with van der Waals surface area (Å²) in [5.41, 5.74) is 2.91. The molecule has 0 heterocycles. The van der Waals surface area contributed by atoms with E-state index in [-0.39, 0.29) is 29.4 Å². The summed E-state index contributed by atoms with van der Waals surface area (Å²) in [6.07, 6.45) is 3.19. The van der Waals surface area contributed by atoms with E-state index in [1.165, 1.54) is 25.2 Å². The predicted molar refractivity (Wildman–Crippen MR) is 104 cm³/mol. The van der Waals surface area contributed by atoms with Crippen LogP contribution in [0.15, 0.2) is 18.2 Å². The molecule has 0 spiro atoms. The van der Waals surface area contributed by atoms with Crippen molar-refractivity contribution in [3.05, 3.63) is 34.9 Å². The smallest absolute Gasteiger partial charge is 0.311 e. The van der Waals surface area contributed by atoms with Crippen molar-refractivity contribution in [1.82, 2.24) is 0 Å². The monoisotopic (exact) mass is 372 g/mol. The summed E-state index contributed by atoms with van der Waals surface area (Å²) in [6.45, 7) is 10.1. The molecule has 4 nitrogen and oxygen atoms in total. The van der Waals surface area contributed by atoms with Crippen LogP contribution in [0.3, 0.4) is 0 Å². The van der Waals surface area contributed by atoms with Crippen molar-refractivity contribution in [2.45, 2.75) is 77.7 Å². The average molecular weight is 373 g/mol. The van der Waals surface area contributed by atoms with Gasteiger partial charge in [0.05, 0.1) is 12.5 Å². The van der Waals surface area contributed by atoms with Gasteiger partial charge in [0.15, 0.2) is 0 Å². The summed E-state index contributed by atoms with van der Waals surface area (Å²) in [5, 5.41) is 0. The number of carbonyl (C=O) groups excluding carboxylic acids is 2. The molecule has 4 heteroatoms. The first-order valence-electron chi connectivity index (χ1n) is 10.0. The Morgan fingerprint density at radius 2 is 1.89 bits per heavy atom. The van der Waals surface area contributed by atoms with Gasteiger partial charge in [-0.3, -0.25) is 9.59 Å². The standard InChI is InChI=1S/C23H32O4/c1-14(2)16-8-9-18-17(12-16)19(27-15(3)24)13-20-22(18,4)10-7-11-23(20,5)21(25)26-6/h8-9,12,14,19-20H,7,10-11,13H2,1-6H3/t19?,20?,22-,23-/m1/s1. The molecule has 2 unspecified atom stereocenters. The maximum Gasteiger partial charge on any atom is 0.311 e. The van der Waals surface area contributed by atoms with Gasteiger partial charge in [-0.1, -0.05) is 45.4 Å². The number of hydrogen-bond acceptors (Lipinski definition) is 4. The van der Waals surface area contributed by atoms with Crippen LogP contribution in [0.1, 0.15) is 89.0 Å². The minimum atomic E-state index is -0.561. The summed E-state index contributed by atoms with van der Waals surface area (Å²) >= 11 is 0. The Balaban J connectivity index is 2.16. The zero-order chi connectivity index (χ0) is 20.0. The molecule has 0 aliphatic heterocycles. The molecule has 3 rings (SSSR count). The van der Waals surface area contributed by atoms with Crippen LogP contribution in [0.5, 0.6) is 0 Å². The molecule has 0 bridgehead atoms. The van der Waals surface area contributed by atoms with Crippen LogP contribution in [0.2, 0.25) is 0 Å². The number of benzene rings is 1. The second kappa shape index (κ2) is 6.96. The minimum Gasteiger partial charge on any atom is -0.469 e. The van der Waals surface area contributed by atoms with Gasteiger partial charge in [0, 0.05) is 6.92 Å². The van der Waals surface area contributed by atoms with Crippen molar-refractivity contribution >= 4 is 11.9 Å². The maximum atomic E-state index is 12.7. The molecule has 2 aliphatic rings. The molecule has 0 N–H and O–H groups in total. The summed E-state index contributed by atoms with van der Waals surface area (Å²) in [6, 6.07) is 6.60. The molecule has 0 radical (unpaired) electrons. The van der Waals surface area contributed by atoms with Gasteiger partial charge in [-0.25, -0.2) is 0 Å². The highest BCUT2D eigenvalue weighted by Crippen LogP contribution is 2.60. The van der Waals surface area contributed by atoms with E-state index in [1.54, 1.807) is 0 Å². The van der Waals surface area contributed by atoms with E-state index in [0.717, 1.165) is 24.8 Å². The summed E-state index contributed by atoms with van der Waals surface area (Å²) in [7, 11) is 1.47. The molecule has 148 valence electrons. The molecule has 2 aliphatic carbocycles. The molecular weight excluding hydrogens is 340 g/mol. The topological polar surface area (TPSA) is 52.6 Å². The molecule has 0 aromatic heterocycles. The number of fused-ring (bicyclic) bond motifs is 3. The molecule has 1 aromatic carbocycles. The van der Waals surface area contributed by atoms with Crippen LogP contribution in [-0.2, 0) is 24.5 Å². The van der Waals surface area contributed by atoms with E-state index >= 15 is 0 Å². The lowest BCUT2D eigenvalue weighted by atomic mass is 9.49. The van der Waals surface area contributed by atoms with Crippen molar-refractivity contribution < 1.29 is 19.1 Å². The highest BCUT2D eigenvalue weighted by molar-refractivity contribution is 5.77. The van der Waals surface area contributed by atoms with Crippen LogP contribution < -0.4 is 0 Å².